The van der Waals surface area contributed by atoms with Gasteiger partial charge in [-0.15, -0.1) is 0 Å². The first-order chi connectivity index (χ1) is 18.9. The van der Waals surface area contributed by atoms with Gasteiger partial charge >= 0.3 is 24.2 Å². The first-order valence-corrected chi connectivity index (χ1v) is 12.9. The number of carbonyl (C=O) groups excluding carboxylic acids is 4. The molecule has 0 radical (unpaired) electrons. The van der Waals surface area contributed by atoms with Crippen LogP contribution in [-0.4, -0.2) is 56.2 Å². The van der Waals surface area contributed by atoms with E-state index in [0.717, 1.165) is 0 Å². The van der Waals surface area contributed by atoms with E-state index in [0.29, 0.717) is 11.1 Å². The maximum absolute atomic E-state index is 12.5. The third-order valence-electron chi connectivity index (χ3n) is 5.00. The summed E-state index contributed by atoms with van der Waals surface area (Å²) in [7, 11) is 0. The van der Waals surface area contributed by atoms with Gasteiger partial charge in [0.05, 0.1) is 18.8 Å². The Morgan fingerprint density at radius 3 is 1.88 bits per heavy atom. The first kappa shape index (κ1) is 32.1. The zero-order valence-corrected chi connectivity index (χ0v) is 23.4. The standard InChI is InChI=1S/C29H37NO10/c1-18(2)15-36-28(33)39-24-12-11-21(14-25(24)40-29(34)37-16-19(3)4)13-23(30)27(32)35-17-20(5)38-26(31)22-9-7-6-8-10-22/h6-12,14,18-20,23H,13,15-17,30H2,1-5H3/t20-,23-/m0/s1. The van der Waals surface area contributed by atoms with E-state index in [9.17, 15) is 19.2 Å². The van der Waals surface area contributed by atoms with Crippen molar-refractivity contribution < 1.29 is 47.6 Å². The lowest BCUT2D eigenvalue weighted by atomic mass is 10.1. The third-order valence-corrected chi connectivity index (χ3v) is 5.00. The summed E-state index contributed by atoms with van der Waals surface area (Å²) in [6.45, 7) is 9.13. The molecule has 0 amide bonds. The molecular weight excluding hydrogens is 522 g/mol. The highest BCUT2D eigenvalue weighted by Gasteiger charge is 2.22. The summed E-state index contributed by atoms with van der Waals surface area (Å²) in [5, 5.41) is 0. The molecule has 0 heterocycles. The summed E-state index contributed by atoms with van der Waals surface area (Å²) in [6.07, 6.45) is -2.65. The number of benzene rings is 2. The molecule has 0 fully saturated rings. The average molecular weight is 560 g/mol. The van der Waals surface area contributed by atoms with E-state index >= 15 is 0 Å². The van der Waals surface area contributed by atoms with Gasteiger partial charge in [0.2, 0.25) is 0 Å². The van der Waals surface area contributed by atoms with Gasteiger partial charge in [0.1, 0.15) is 18.8 Å². The lowest BCUT2D eigenvalue weighted by Gasteiger charge is -2.17. The molecule has 2 aromatic carbocycles. The fourth-order valence-corrected chi connectivity index (χ4v) is 3.05. The number of nitrogens with two attached hydrogens (primary N) is 1. The van der Waals surface area contributed by atoms with Gasteiger partial charge in [-0.1, -0.05) is 52.0 Å². The molecule has 11 heteroatoms. The molecule has 0 aliphatic carbocycles. The van der Waals surface area contributed by atoms with Crippen LogP contribution in [0.15, 0.2) is 48.5 Å². The molecule has 0 saturated carbocycles. The molecule has 0 spiro atoms. The zero-order valence-electron chi connectivity index (χ0n) is 23.4. The predicted molar refractivity (Wildman–Crippen MR) is 144 cm³/mol. The van der Waals surface area contributed by atoms with Crippen molar-refractivity contribution in [2.45, 2.75) is 53.2 Å². The fourth-order valence-electron chi connectivity index (χ4n) is 3.05. The Bertz CT molecular complexity index is 1130. The van der Waals surface area contributed by atoms with Gasteiger partial charge in [0.25, 0.3) is 0 Å². The SMILES string of the molecule is CC(C)COC(=O)Oc1ccc(C[C@H](N)C(=O)OC[C@H](C)OC(=O)c2ccccc2)cc1OC(=O)OCC(C)C. The molecule has 2 aromatic rings. The Kier molecular flexibility index (Phi) is 12.9. The normalized spacial score (nSPS) is 12.3. The summed E-state index contributed by atoms with van der Waals surface area (Å²) in [5.74, 6) is -1.28. The largest absolute Gasteiger partial charge is 0.513 e. The number of hydrogen-bond donors (Lipinski definition) is 1. The molecule has 0 aliphatic rings. The van der Waals surface area contributed by atoms with E-state index in [2.05, 4.69) is 0 Å². The minimum Gasteiger partial charge on any atom is -0.461 e. The van der Waals surface area contributed by atoms with Crippen LogP contribution in [0.5, 0.6) is 11.5 Å². The van der Waals surface area contributed by atoms with Crippen molar-refractivity contribution in [3.8, 4) is 11.5 Å². The molecule has 2 N–H and O–H groups in total. The second kappa shape index (κ2) is 16.1. The van der Waals surface area contributed by atoms with Gasteiger partial charge in [-0.2, -0.15) is 0 Å². The van der Waals surface area contributed by atoms with Gasteiger partial charge in [-0.05, 0) is 55.0 Å². The van der Waals surface area contributed by atoms with Gasteiger partial charge in [-0.25, -0.2) is 14.4 Å². The van der Waals surface area contributed by atoms with E-state index in [1.807, 2.05) is 27.7 Å². The molecular formula is C29H37NO10. The number of ether oxygens (including phenoxy) is 6. The van der Waals surface area contributed by atoms with Gasteiger partial charge in [0.15, 0.2) is 11.5 Å². The van der Waals surface area contributed by atoms with Gasteiger partial charge in [0, 0.05) is 0 Å². The number of carbonyl (C=O) groups is 4. The van der Waals surface area contributed by atoms with Crippen LogP contribution < -0.4 is 15.2 Å². The van der Waals surface area contributed by atoms with E-state index in [1.165, 1.54) is 12.1 Å². The van der Waals surface area contributed by atoms with Crippen LogP contribution in [-0.2, 0) is 30.2 Å². The van der Waals surface area contributed by atoms with Crippen molar-refractivity contribution in [3.63, 3.8) is 0 Å². The third kappa shape index (κ3) is 11.7. The Morgan fingerprint density at radius 2 is 1.30 bits per heavy atom. The van der Waals surface area contributed by atoms with Crippen LogP contribution in [0, 0.1) is 11.8 Å². The second-order valence-corrected chi connectivity index (χ2v) is 9.92. The summed E-state index contributed by atoms with van der Waals surface area (Å²) in [6, 6.07) is 11.7. The van der Waals surface area contributed by atoms with Crippen molar-refractivity contribution in [2.24, 2.45) is 17.6 Å². The van der Waals surface area contributed by atoms with E-state index < -0.39 is 36.4 Å². The quantitative estimate of drug-likeness (QED) is 0.207. The molecule has 218 valence electrons. The summed E-state index contributed by atoms with van der Waals surface area (Å²) in [4.78, 5) is 48.9. The van der Waals surface area contributed by atoms with E-state index in [1.54, 1.807) is 43.3 Å². The monoisotopic (exact) mass is 559 g/mol. The molecule has 0 aromatic heterocycles. The maximum atomic E-state index is 12.5. The van der Waals surface area contributed by atoms with Crippen molar-refractivity contribution in [1.29, 1.82) is 0 Å². The maximum Gasteiger partial charge on any atom is 0.513 e. The Hall–Kier alpha value is -4.12. The molecule has 0 saturated heterocycles. The smallest absolute Gasteiger partial charge is 0.461 e. The highest BCUT2D eigenvalue weighted by Crippen LogP contribution is 2.30. The minimum absolute atomic E-state index is 0.00644. The molecule has 2 rings (SSSR count). The van der Waals surface area contributed by atoms with Crippen LogP contribution in [0.25, 0.3) is 0 Å². The van der Waals surface area contributed by atoms with Crippen LogP contribution in [0.2, 0.25) is 0 Å². The number of esters is 2. The molecule has 0 bridgehead atoms. The van der Waals surface area contributed by atoms with Crippen LogP contribution >= 0.6 is 0 Å². The fraction of sp³-hybridized carbons (Fsp3) is 0.448. The Labute approximate surface area is 233 Å². The molecule has 0 unspecified atom stereocenters. The topological polar surface area (TPSA) is 150 Å². The highest BCUT2D eigenvalue weighted by molar-refractivity contribution is 5.89. The molecule has 40 heavy (non-hydrogen) atoms. The van der Waals surface area contributed by atoms with Crippen molar-refractivity contribution in [1.82, 2.24) is 0 Å². The van der Waals surface area contributed by atoms with Crippen molar-refractivity contribution in [3.05, 3.63) is 59.7 Å². The average Bonchev–Trinajstić information content (AvgIpc) is 2.91. The summed E-state index contributed by atoms with van der Waals surface area (Å²) < 4.78 is 31.0. The molecule has 11 nitrogen and oxygen atoms in total. The second-order valence-electron chi connectivity index (χ2n) is 9.92. The van der Waals surface area contributed by atoms with Crippen LogP contribution in [0.1, 0.15) is 50.5 Å². The minimum atomic E-state index is -1.08. The first-order valence-electron chi connectivity index (χ1n) is 12.9. The Morgan fingerprint density at radius 1 is 0.725 bits per heavy atom. The Balaban J connectivity index is 2.01. The molecule has 2 atom stereocenters. The lowest BCUT2D eigenvalue weighted by molar-refractivity contribution is -0.148. The zero-order chi connectivity index (χ0) is 29.7. The van der Waals surface area contributed by atoms with Gasteiger partial charge in [-0.3, -0.25) is 4.79 Å². The summed E-state index contributed by atoms with van der Waals surface area (Å²) >= 11 is 0. The number of rotatable bonds is 13. The van der Waals surface area contributed by atoms with E-state index in [-0.39, 0.29) is 49.6 Å². The van der Waals surface area contributed by atoms with Gasteiger partial charge < -0.3 is 34.2 Å². The van der Waals surface area contributed by atoms with Crippen molar-refractivity contribution >= 4 is 24.2 Å². The molecule has 0 aliphatic heterocycles. The predicted octanol–water partition coefficient (Wildman–Crippen LogP) is 4.69. The lowest BCUT2D eigenvalue weighted by Crippen LogP contribution is -2.36. The summed E-state index contributed by atoms with van der Waals surface area (Å²) in [5.41, 5.74) is 6.89. The van der Waals surface area contributed by atoms with Crippen LogP contribution in [0.3, 0.4) is 0 Å². The highest BCUT2D eigenvalue weighted by atomic mass is 16.7. The number of hydrogen-bond acceptors (Lipinski definition) is 11. The van der Waals surface area contributed by atoms with Crippen molar-refractivity contribution in [2.75, 3.05) is 19.8 Å². The van der Waals surface area contributed by atoms with E-state index in [4.69, 9.17) is 34.2 Å². The van der Waals surface area contributed by atoms with Crippen LogP contribution in [0.4, 0.5) is 9.59 Å².